The number of rotatable bonds is 3. The molecule has 3 aliphatic heterocycles. The number of halogens is 2. The van der Waals surface area contributed by atoms with Gasteiger partial charge in [-0.25, -0.2) is 0 Å². The molecule has 5 nitrogen and oxygen atoms in total. The second kappa shape index (κ2) is 6.37. The molecule has 1 aromatic rings. The summed E-state index contributed by atoms with van der Waals surface area (Å²) in [4.78, 5) is 16.7. The molecule has 24 heavy (non-hydrogen) atoms. The molecule has 0 saturated carbocycles. The van der Waals surface area contributed by atoms with Gasteiger partial charge in [-0.05, 0) is 31.5 Å². The molecule has 0 radical (unpaired) electrons. The van der Waals surface area contributed by atoms with Crippen molar-refractivity contribution in [3.63, 3.8) is 0 Å². The number of phenolic OH excluding ortho intramolecular Hbond substituents is 1. The molecule has 3 heterocycles. The summed E-state index contributed by atoms with van der Waals surface area (Å²) in [6.07, 6.45) is 2.00. The van der Waals surface area contributed by atoms with Crippen molar-refractivity contribution in [3.8, 4) is 5.75 Å². The van der Waals surface area contributed by atoms with Crippen molar-refractivity contribution in [2.45, 2.75) is 30.8 Å². The fourth-order valence-electron chi connectivity index (χ4n) is 4.15. The summed E-state index contributed by atoms with van der Waals surface area (Å²) < 4.78 is 0. The maximum Gasteiger partial charge on any atom is 0.237 e. The minimum Gasteiger partial charge on any atom is -0.508 e. The number of nitrogens with zero attached hydrogens (tertiary/aromatic N) is 2. The average Bonchev–Trinajstić information content (AvgIpc) is 2.91. The predicted octanol–water partition coefficient (Wildman–Crippen LogP) is 2.06. The van der Waals surface area contributed by atoms with Crippen LogP contribution >= 0.6 is 23.2 Å². The van der Waals surface area contributed by atoms with Gasteiger partial charge in [0, 0.05) is 43.2 Å². The first-order valence-corrected chi connectivity index (χ1v) is 9.20. The fraction of sp³-hybridized carbons (Fsp3) is 0.588. The number of hydrogen-bond acceptors (Lipinski definition) is 4. The quantitative estimate of drug-likeness (QED) is 0.855. The Morgan fingerprint density at radius 1 is 1.29 bits per heavy atom. The van der Waals surface area contributed by atoms with Crippen LogP contribution in [0.25, 0.3) is 0 Å². The number of phenols is 1. The van der Waals surface area contributed by atoms with Crippen LogP contribution in [0.2, 0.25) is 10.0 Å². The molecule has 3 saturated heterocycles. The standard InChI is InChI=1S/C17H21Cl2N3O2/c18-13-1-2-14(23)16(17(13)19)10-5-12-8-21(7-11-3-4-20-11)9-15(24)22(12)6-10/h1-2,10-12,20,23H,3-9H2/t10-,11?,12-/m0/s1. The molecular weight excluding hydrogens is 349 g/mol. The minimum atomic E-state index is 0.0342. The second-order valence-corrected chi connectivity index (χ2v) is 7.85. The Kier molecular flexibility index (Phi) is 4.37. The van der Waals surface area contributed by atoms with Gasteiger partial charge >= 0.3 is 0 Å². The van der Waals surface area contributed by atoms with Crippen LogP contribution in [0.1, 0.15) is 24.3 Å². The third kappa shape index (κ3) is 2.88. The van der Waals surface area contributed by atoms with Gasteiger partial charge in [-0.15, -0.1) is 0 Å². The zero-order chi connectivity index (χ0) is 16.8. The number of benzene rings is 1. The Hall–Kier alpha value is -1.01. The Morgan fingerprint density at radius 3 is 2.79 bits per heavy atom. The molecule has 130 valence electrons. The van der Waals surface area contributed by atoms with E-state index in [1.165, 1.54) is 6.42 Å². The summed E-state index contributed by atoms with van der Waals surface area (Å²) in [7, 11) is 0. The molecule has 2 N–H and O–H groups in total. The molecule has 0 aliphatic carbocycles. The monoisotopic (exact) mass is 369 g/mol. The molecule has 0 spiro atoms. The Bertz CT molecular complexity index is 665. The van der Waals surface area contributed by atoms with Gasteiger partial charge in [0.2, 0.25) is 5.91 Å². The summed E-state index contributed by atoms with van der Waals surface area (Å²) in [5.74, 6) is 0.370. The highest BCUT2D eigenvalue weighted by Gasteiger charge is 2.42. The van der Waals surface area contributed by atoms with E-state index in [1.54, 1.807) is 12.1 Å². The van der Waals surface area contributed by atoms with Gasteiger partial charge in [-0.1, -0.05) is 23.2 Å². The maximum atomic E-state index is 12.5. The third-order valence-electron chi connectivity index (χ3n) is 5.48. The van der Waals surface area contributed by atoms with Crippen LogP contribution in [0.4, 0.5) is 0 Å². The zero-order valence-corrected chi connectivity index (χ0v) is 14.9. The van der Waals surface area contributed by atoms with E-state index in [-0.39, 0.29) is 23.6 Å². The molecule has 3 atom stereocenters. The topological polar surface area (TPSA) is 55.8 Å². The number of piperazine rings is 1. The molecule has 7 heteroatoms. The van der Waals surface area contributed by atoms with Crippen LogP contribution in [0, 0.1) is 0 Å². The summed E-state index contributed by atoms with van der Waals surface area (Å²) in [5.41, 5.74) is 0.679. The first-order chi connectivity index (χ1) is 11.5. The molecular formula is C17H21Cl2N3O2. The van der Waals surface area contributed by atoms with Crippen molar-refractivity contribution in [2.75, 3.05) is 32.7 Å². The van der Waals surface area contributed by atoms with Crippen molar-refractivity contribution in [1.82, 2.24) is 15.1 Å². The van der Waals surface area contributed by atoms with Crippen molar-refractivity contribution in [2.24, 2.45) is 0 Å². The first kappa shape index (κ1) is 16.5. The van der Waals surface area contributed by atoms with Crippen LogP contribution in [-0.4, -0.2) is 65.6 Å². The highest BCUT2D eigenvalue weighted by atomic mass is 35.5. The van der Waals surface area contributed by atoms with Crippen molar-refractivity contribution in [1.29, 1.82) is 0 Å². The van der Waals surface area contributed by atoms with Crippen LogP contribution in [0.15, 0.2) is 12.1 Å². The largest absolute Gasteiger partial charge is 0.508 e. The Balaban J connectivity index is 1.51. The Labute approximate surface area is 151 Å². The maximum absolute atomic E-state index is 12.5. The number of nitrogens with one attached hydrogen (secondary N) is 1. The number of carbonyl (C=O) groups is 1. The highest BCUT2D eigenvalue weighted by Crippen LogP contribution is 2.43. The lowest BCUT2D eigenvalue weighted by atomic mass is 9.95. The summed E-state index contributed by atoms with van der Waals surface area (Å²) in [6, 6.07) is 3.89. The lowest BCUT2D eigenvalue weighted by molar-refractivity contribution is -0.137. The van der Waals surface area contributed by atoms with Crippen LogP contribution in [-0.2, 0) is 4.79 Å². The van der Waals surface area contributed by atoms with Gasteiger partial charge in [-0.3, -0.25) is 9.69 Å². The van der Waals surface area contributed by atoms with Gasteiger partial charge in [-0.2, -0.15) is 0 Å². The molecule has 0 aromatic heterocycles. The number of hydrogen-bond donors (Lipinski definition) is 2. The third-order valence-corrected chi connectivity index (χ3v) is 6.30. The number of amides is 1. The van der Waals surface area contributed by atoms with E-state index in [2.05, 4.69) is 10.2 Å². The van der Waals surface area contributed by atoms with E-state index in [1.807, 2.05) is 4.90 Å². The normalized spacial score (nSPS) is 30.3. The molecule has 3 fully saturated rings. The zero-order valence-electron chi connectivity index (χ0n) is 13.3. The van der Waals surface area contributed by atoms with E-state index >= 15 is 0 Å². The summed E-state index contributed by atoms with van der Waals surface area (Å²) in [5, 5.41) is 14.5. The average molecular weight is 370 g/mol. The van der Waals surface area contributed by atoms with Gasteiger partial charge in [0.15, 0.2) is 0 Å². The van der Waals surface area contributed by atoms with Crippen LogP contribution < -0.4 is 5.32 Å². The first-order valence-electron chi connectivity index (χ1n) is 8.45. The van der Waals surface area contributed by atoms with Gasteiger partial charge in [0.05, 0.1) is 16.6 Å². The van der Waals surface area contributed by atoms with Crippen molar-refractivity contribution in [3.05, 3.63) is 27.7 Å². The predicted molar refractivity (Wildman–Crippen MR) is 93.8 cm³/mol. The van der Waals surface area contributed by atoms with E-state index in [0.717, 1.165) is 26.1 Å². The molecule has 4 rings (SSSR count). The summed E-state index contributed by atoms with van der Waals surface area (Å²) >= 11 is 12.4. The molecule has 0 bridgehead atoms. The fourth-order valence-corrected chi connectivity index (χ4v) is 4.63. The smallest absolute Gasteiger partial charge is 0.237 e. The molecule has 1 amide bonds. The lowest BCUT2D eigenvalue weighted by Crippen LogP contribution is -2.58. The van der Waals surface area contributed by atoms with Crippen LogP contribution in [0.3, 0.4) is 0 Å². The molecule has 1 unspecified atom stereocenters. The van der Waals surface area contributed by atoms with Gasteiger partial charge in [0.25, 0.3) is 0 Å². The molecule has 3 aliphatic rings. The number of fused-ring (bicyclic) bond motifs is 1. The van der Waals surface area contributed by atoms with Crippen LogP contribution in [0.5, 0.6) is 5.75 Å². The van der Waals surface area contributed by atoms with Crippen molar-refractivity contribution >= 4 is 29.1 Å². The van der Waals surface area contributed by atoms with Gasteiger partial charge < -0.3 is 15.3 Å². The van der Waals surface area contributed by atoms with E-state index in [4.69, 9.17) is 23.2 Å². The number of aromatic hydroxyl groups is 1. The SMILES string of the molecule is O=C1CN(CC2CCN2)C[C@@H]2C[C@H](c3c(O)ccc(Cl)c3Cl)CN12. The second-order valence-electron chi connectivity index (χ2n) is 7.06. The highest BCUT2D eigenvalue weighted by molar-refractivity contribution is 6.42. The van der Waals surface area contributed by atoms with E-state index < -0.39 is 0 Å². The van der Waals surface area contributed by atoms with Crippen molar-refractivity contribution < 1.29 is 9.90 Å². The Morgan fingerprint density at radius 2 is 2.08 bits per heavy atom. The lowest BCUT2D eigenvalue weighted by Gasteiger charge is -2.40. The summed E-state index contributed by atoms with van der Waals surface area (Å²) in [6.45, 7) is 3.99. The van der Waals surface area contributed by atoms with E-state index in [9.17, 15) is 9.90 Å². The number of carbonyl (C=O) groups excluding carboxylic acids is 1. The molecule has 1 aromatic carbocycles. The van der Waals surface area contributed by atoms with E-state index in [0.29, 0.717) is 34.7 Å². The van der Waals surface area contributed by atoms with Gasteiger partial charge in [0.1, 0.15) is 5.75 Å². The minimum absolute atomic E-state index is 0.0342.